The van der Waals surface area contributed by atoms with Gasteiger partial charge in [-0.05, 0) is 12.8 Å². The molecule has 84 valence electrons. The summed E-state index contributed by atoms with van der Waals surface area (Å²) in [5.41, 5.74) is -0.622. The lowest BCUT2D eigenvalue weighted by atomic mass is 10.0. The van der Waals surface area contributed by atoms with Crippen LogP contribution in [0.3, 0.4) is 0 Å². The van der Waals surface area contributed by atoms with Gasteiger partial charge in [-0.3, -0.25) is 0 Å². The van der Waals surface area contributed by atoms with Crippen LogP contribution in [0.25, 0.3) is 0 Å². The molecule has 0 aromatic rings. The highest BCUT2D eigenvalue weighted by Crippen LogP contribution is 2.29. The van der Waals surface area contributed by atoms with Gasteiger partial charge in [0.15, 0.2) is 0 Å². The molecule has 1 aliphatic rings. The average molecular weight is 222 g/mol. The zero-order chi connectivity index (χ0) is 10.8. The molecule has 0 aromatic heterocycles. The van der Waals surface area contributed by atoms with Gasteiger partial charge in [0, 0.05) is 14.1 Å². The van der Waals surface area contributed by atoms with Gasteiger partial charge < -0.3 is 5.11 Å². The number of rotatable bonds is 4. The van der Waals surface area contributed by atoms with Crippen LogP contribution < -0.4 is 4.72 Å². The SMILES string of the molecule is CN(C)S(=O)(=O)NC1(CO)CCCC1. The molecule has 0 spiro atoms. The fourth-order valence-electron chi connectivity index (χ4n) is 1.71. The maximum absolute atomic E-state index is 11.6. The summed E-state index contributed by atoms with van der Waals surface area (Å²) in [5.74, 6) is 0. The van der Waals surface area contributed by atoms with E-state index in [1.807, 2.05) is 0 Å². The Bertz CT molecular complexity index is 281. The van der Waals surface area contributed by atoms with Crippen molar-refractivity contribution in [3.05, 3.63) is 0 Å². The van der Waals surface area contributed by atoms with Crippen molar-refractivity contribution in [3.63, 3.8) is 0 Å². The number of aliphatic hydroxyl groups excluding tert-OH is 1. The molecule has 0 unspecified atom stereocenters. The Hall–Kier alpha value is -0.170. The van der Waals surface area contributed by atoms with E-state index >= 15 is 0 Å². The van der Waals surface area contributed by atoms with Crippen molar-refractivity contribution in [1.82, 2.24) is 9.03 Å². The minimum atomic E-state index is -3.43. The first-order chi connectivity index (χ1) is 6.42. The van der Waals surface area contributed by atoms with Crippen LogP contribution in [0, 0.1) is 0 Å². The van der Waals surface area contributed by atoms with Crippen LogP contribution in [0.15, 0.2) is 0 Å². The molecule has 1 fully saturated rings. The van der Waals surface area contributed by atoms with Crippen molar-refractivity contribution in [1.29, 1.82) is 0 Å². The van der Waals surface area contributed by atoms with E-state index in [2.05, 4.69) is 4.72 Å². The average Bonchev–Trinajstić information content (AvgIpc) is 2.53. The third-order valence-electron chi connectivity index (χ3n) is 2.69. The smallest absolute Gasteiger partial charge is 0.279 e. The van der Waals surface area contributed by atoms with Gasteiger partial charge in [0.2, 0.25) is 0 Å². The van der Waals surface area contributed by atoms with E-state index in [1.54, 1.807) is 0 Å². The summed E-state index contributed by atoms with van der Waals surface area (Å²) < 4.78 is 26.8. The van der Waals surface area contributed by atoms with Crippen molar-refractivity contribution in [2.24, 2.45) is 0 Å². The first kappa shape index (κ1) is 11.9. The second kappa shape index (κ2) is 4.14. The van der Waals surface area contributed by atoms with E-state index in [4.69, 9.17) is 0 Å². The van der Waals surface area contributed by atoms with Crippen LogP contribution in [-0.2, 0) is 10.2 Å². The largest absolute Gasteiger partial charge is 0.394 e. The summed E-state index contributed by atoms with van der Waals surface area (Å²) in [6.07, 6.45) is 3.38. The first-order valence-corrected chi connectivity index (χ1v) is 6.18. The summed E-state index contributed by atoms with van der Waals surface area (Å²) in [4.78, 5) is 0. The molecule has 1 saturated carbocycles. The second-order valence-electron chi connectivity index (χ2n) is 4.04. The van der Waals surface area contributed by atoms with E-state index in [-0.39, 0.29) is 6.61 Å². The van der Waals surface area contributed by atoms with Gasteiger partial charge in [0.1, 0.15) is 0 Å². The van der Waals surface area contributed by atoms with Crippen molar-refractivity contribution >= 4 is 10.2 Å². The van der Waals surface area contributed by atoms with Crippen molar-refractivity contribution in [2.45, 2.75) is 31.2 Å². The van der Waals surface area contributed by atoms with E-state index in [0.29, 0.717) is 0 Å². The molecule has 6 heteroatoms. The van der Waals surface area contributed by atoms with Crippen LogP contribution in [0.5, 0.6) is 0 Å². The van der Waals surface area contributed by atoms with Crippen LogP contribution in [0.1, 0.15) is 25.7 Å². The summed E-state index contributed by atoms with van der Waals surface area (Å²) in [5, 5.41) is 9.22. The summed E-state index contributed by atoms with van der Waals surface area (Å²) >= 11 is 0. The summed E-state index contributed by atoms with van der Waals surface area (Å²) in [6, 6.07) is 0. The number of aliphatic hydroxyl groups is 1. The summed E-state index contributed by atoms with van der Waals surface area (Å²) in [7, 11) is -0.480. The molecule has 0 aromatic carbocycles. The highest BCUT2D eigenvalue weighted by Gasteiger charge is 2.37. The predicted octanol–water partition coefficient (Wildman–Crippen LogP) is -0.313. The molecule has 0 aliphatic heterocycles. The summed E-state index contributed by atoms with van der Waals surface area (Å²) in [6.45, 7) is -0.125. The van der Waals surface area contributed by atoms with Gasteiger partial charge >= 0.3 is 0 Å². The maximum Gasteiger partial charge on any atom is 0.279 e. The Labute approximate surface area is 85.3 Å². The van der Waals surface area contributed by atoms with Crippen LogP contribution >= 0.6 is 0 Å². The van der Waals surface area contributed by atoms with Crippen LogP contribution in [0.4, 0.5) is 0 Å². The van der Waals surface area contributed by atoms with Gasteiger partial charge in [-0.1, -0.05) is 12.8 Å². The molecule has 0 atom stereocenters. The molecular formula is C8H18N2O3S. The first-order valence-electron chi connectivity index (χ1n) is 4.74. The number of nitrogens with one attached hydrogen (secondary N) is 1. The standard InChI is InChI=1S/C8H18N2O3S/c1-10(2)14(12,13)9-8(7-11)5-3-4-6-8/h9,11H,3-7H2,1-2H3. The van der Waals surface area contributed by atoms with E-state index in [9.17, 15) is 13.5 Å². The molecule has 0 amide bonds. The Kier molecular flexibility index (Phi) is 3.52. The van der Waals surface area contributed by atoms with Crippen molar-refractivity contribution in [3.8, 4) is 0 Å². The fraction of sp³-hybridized carbons (Fsp3) is 1.00. The molecule has 1 rings (SSSR count). The lowest BCUT2D eigenvalue weighted by Crippen LogP contribution is -2.52. The molecule has 0 bridgehead atoms. The van der Waals surface area contributed by atoms with E-state index in [1.165, 1.54) is 14.1 Å². The third kappa shape index (κ3) is 2.44. The normalized spacial score (nSPS) is 21.7. The topological polar surface area (TPSA) is 69.6 Å². The van der Waals surface area contributed by atoms with Gasteiger partial charge in [-0.2, -0.15) is 17.4 Å². The van der Waals surface area contributed by atoms with Gasteiger partial charge in [-0.15, -0.1) is 0 Å². The Morgan fingerprint density at radius 2 is 1.86 bits per heavy atom. The Balaban J connectivity index is 2.75. The van der Waals surface area contributed by atoms with Gasteiger partial charge in [-0.25, -0.2) is 0 Å². The van der Waals surface area contributed by atoms with E-state index in [0.717, 1.165) is 30.0 Å². The Morgan fingerprint density at radius 1 is 1.36 bits per heavy atom. The molecule has 1 aliphatic carbocycles. The molecular weight excluding hydrogens is 204 g/mol. The molecule has 0 heterocycles. The second-order valence-corrected chi connectivity index (χ2v) is 5.92. The monoisotopic (exact) mass is 222 g/mol. The van der Waals surface area contributed by atoms with E-state index < -0.39 is 15.7 Å². The zero-order valence-electron chi connectivity index (χ0n) is 8.65. The predicted molar refractivity (Wildman–Crippen MR) is 54.0 cm³/mol. The van der Waals surface area contributed by atoms with Gasteiger partial charge in [0.25, 0.3) is 10.2 Å². The van der Waals surface area contributed by atoms with Crippen molar-refractivity contribution in [2.75, 3.05) is 20.7 Å². The van der Waals surface area contributed by atoms with Gasteiger partial charge in [0.05, 0.1) is 12.1 Å². The van der Waals surface area contributed by atoms with Crippen LogP contribution in [0.2, 0.25) is 0 Å². The quantitative estimate of drug-likeness (QED) is 0.685. The molecule has 0 saturated heterocycles. The highest BCUT2D eigenvalue weighted by atomic mass is 32.2. The third-order valence-corrected chi connectivity index (χ3v) is 4.34. The molecule has 2 N–H and O–H groups in total. The molecule has 5 nitrogen and oxygen atoms in total. The highest BCUT2D eigenvalue weighted by molar-refractivity contribution is 7.87. The lowest BCUT2D eigenvalue weighted by molar-refractivity contribution is 0.183. The fourth-order valence-corrected chi connectivity index (χ4v) is 2.71. The lowest BCUT2D eigenvalue weighted by Gasteiger charge is -2.29. The molecule has 14 heavy (non-hydrogen) atoms. The number of nitrogens with zero attached hydrogens (tertiary/aromatic N) is 1. The molecule has 0 radical (unpaired) electrons. The number of hydrogen-bond donors (Lipinski definition) is 2. The zero-order valence-corrected chi connectivity index (χ0v) is 9.47. The maximum atomic E-state index is 11.6. The Morgan fingerprint density at radius 3 is 2.21 bits per heavy atom. The van der Waals surface area contributed by atoms with Crippen molar-refractivity contribution < 1.29 is 13.5 Å². The minimum absolute atomic E-state index is 0.125. The van der Waals surface area contributed by atoms with Crippen LogP contribution in [-0.4, -0.2) is 44.1 Å². The number of hydrogen-bond acceptors (Lipinski definition) is 3. The minimum Gasteiger partial charge on any atom is -0.394 e.